The lowest BCUT2D eigenvalue weighted by Gasteiger charge is -2.25. The van der Waals surface area contributed by atoms with Gasteiger partial charge in [0.2, 0.25) is 0 Å². The largest absolute Gasteiger partial charge is 0.394 e. The number of nitrogens with zero attached hydrogens (tertiary/aromatic N) is 3. The minimum Gasteiger partial charge on any atom is -0.394 e. The fourth-order valence-corrected chi connectivity index (χ4v) is 4.02. The highest BCUT2D eigenvalue weighted by Crippen LogP contribution is 2.35. The summed E-state index contributed by atoms with van der Waals surface area (Å²) in [6, 6.07) is 19.5. The third-order valence-corrected chi connectivity index (χ3v) is 5.67. The van der Waals surface area contributed by atoms with E-state index in [2.05, 4.69) is 15.1 Å². The second-order valence-corrected chi connectivity index (χ2v) is 7.83. The van der Waals surface area contributed by atoms with Gasteiger partial charge in [0.1, 0.15) is 23.7 Å². The number of H-pyrrole nitrogens is 1. The van der Waals surface area contributed by atoms with Gasteiger partial charge in [-0.1, -0.05) is 60.7 Å². The molecule has 9 nitrogen and oxygen atoms in total. The molecule has 2 aromatic heterocycles. The van der Waals surface area contributed by atoms with Crippen LogP contribution >= 0.6 is 0 Å². The summed E-state index contributed by atoms with van der Waals surface area (Å²) in [4.78, 5) is 19.0. The van der Waals surface area contributed by atoms with Crippen LogP contribution in [0.4, 0.5) is 0 Å². The second kappa shape index (κ2) is 9.63. The molecule has 0 radical (unpaired) electrons. The number of aliphatic hydroxyl groups excluding tert-OH is 1. The van der Waals surface area contributed by atoms with Crippen LogP contribution in [0, 0.1) is 0 Å². The van der Waals surface area contributed by atoms with Crippen LogP contribution in [0.5, 0.6) is 0 Å². The molecule has 33 heavy (non-hydrogen) atoms. The molecule has 0 unspecified atom stereocenters. The fourth-order valence-electron chi connectivity index (χ4n) is 4.02. The molecule has 0 amide bonds. The van der Waals surface area contributed by atoms with Crippen molar-refractivity contribution in [1.29, 1.82) is 0 Å². The average molecular weight is 448 g/mol. The lowest BCUT2D eigenvalue weighted by Crippen LogP contribution is -2.38. The van der Waals surface area contributed by atoms with Gasteiger partial charge >= 0.3 is 0 Å². The number of fused-ring (bicyclic) bond motifs is 1. The van der Waals surface area contributed by atoms with E-state index in [1.165, 1.54) is 17.2 Å². The van der Waals surface area contributed by atoms with Crippen LogP contribution in [0.15, 0.2) is 78.0 Å². The molecular formula is C24H24N4O5. The normalized spacial score (nSPS) is 22.7. The first-order chi connectivity index (χ1) is 16.2. The quantitative estimate of drug-likeness (QED) is 0.425. The molecule has 0 spiro atoms. The van der Waals surface area contributed by atoms with Crippen molar-refractivity contribution in [3.05, 3.63) is 94.7 Å². The monoisotopic (exact) mass is 448 g/mol. The van der Waals surface area contributed by atoms with Gasteiger partial charge in [0, 0.05) is 0 Å². The fraction of sp³-hybridized carbons (Fsp3) is 0.292. The van der Waals surface area contributed by atoms with Gasteiger partial charge in [0.25, 0.3) is 5.56 Å². The molecule has 1 aliphatic rings. The Hall–Kier alpha value is -3.37. The molecule has 3 heterocycles. The van der Waals surface area contributed by atoms with E-state index in [4.69, 9.17) is 14.2 Å². The number of aromatic nitrogens is 4. The molecule has 2 N–H and O–H groups in total. The van der Waals surface area contributed by atoms with E-state index in [9.17, 15) is 9.90 Å². The highest BCUT2D eigenvalue weighted by Gasteiger charge is 2.48. The topological polar surface area (TPSA) is 111 Å². The average Bonchev–Trinajstić information content (AvgIpc) is 3.44. The number of aromatic amines is 1. The third kappa shape index (κ3) is 4.44. The van der Waals surface area contributed by atoms with E-state index in [0.29, 0.717) is 24.2 Å². The maximum atomic E-state index is 12.2. The third-order valence-electron chi connectivity index (χ3n) is 5.67. The first-order valence-corrected chi connectivity index (χ1v) is 10.7. The molecule has 1 aliphatic heterocycles. The molecular weight excluding hydrogens is 424 g/mol. The zero-order valence-corrected chi connectivity index (χ0v) is 17.8. The van der Waals surface area contributed by atoms with E-state index in [-0.39, 0.29) is 12.2 Å². The molecule has 0 saturated carbocycles. The van der Waals surface area contributed by atoms with Gasteiger partial charge in [-0.15, -0.1) is 0 Å². The number of ether oxygens (including phenoxy) is 3. The minimum absolute atomic E-state index is 0.256. The van der Waals surface area contributed by atoms with Crippen molar-refractivity contribution in [1.82, 2.24) is 19.7 Å². The lowest BCUT2D eigenvalue weighted by atomic mass is 10.1. The molecule has 0 aliphatic carbocycles. The smallest absolute Gasteiger partial charge is 0.261 e. The highest BCUT2D eigenvalue weighted by atomic mass is 16.6. The van der Waals surface area contributed by atoms with Crippen LogP contribution in [0.3, 0.4) is 0 Å². The summed E-state index contributed by atoms with van der Waals surface area (Å²) in [6.45, 7) is 0.400. The van der Waals surface area contributed by atoms with Crippen molar-refractivity contribution >= 4 is 11.0 Å². The molecule has 170 valence electrons. The van der Waals surface area contributed by atoms with Gasteiger partial charge in [-0.25, -0.2) is 9.67 Å². The van der Waals surface area contributed by atoms with Crippen LogP contribution in [-0.4, -0.2) is 49.8 Å². The van der Waals surface area contributed by atoms with Crippen molar-refractivity contribution in [2.24, 2.45) is 0 Å². The number of rotatable bonds is 8. The first-order valence-electron chi connectivity index (χ1n) is 10.7. The maximum Gasteiger partial charge on any atom is 0.261 e. The Bertz CT molecular complexity index is 1240. The van der Waals surface area contributed by atoms with E-state index >= 15 is 0 Å². The molecule has 1 fully saturated rings. The predicted molar refractivity (Wildman–Crippen MR) is 119 cm³/mol. The van der Waals surface area contributed by atoms with Crippen molar-refractivity contribution in [3.8, 4) is 0 Å². The van der Waals surface area contributed by atoms with Gasteiger partial charge in [-0.2, -0.15) is 5.10 Å². The van der Waals surface area contributed by atoms with Gasteiger partial charge in [-0.05, 0) is 11.1 Å². The van der Waals surface area contributed by atoms with E-state index in [1.807, 2.05) is 60.7 Å². The summed E-state index contributed by atoms with van der Waals surface area (Å²) in [6.07, 6.45) is 0.231. The molecule has 4 atom stereocenters. The van der Waals surface area contributed by atoms with Gasteiger partial charge in [0.15, 0.2) is 11.9 Å². The van der Waals surface area contributed by atoms with E-state index in [0.717, 1.165) is 11.1 Å². The van der Waals surface area contributed by atoms with Crippen LogP contribution < -0.4 is 5.56 Å². The highest BCUT2D eigenvalue weighted by molar-refractivity contribution is 5.72. The van der Waals surface area contributed by atoms with Gasteiger partial charge in [-0.3, -0.25) is 4.79 Å². The van der Waals surface area contributed by atoms with Gasteiger partial charge in [0.05, 0.1) is 32.3 Å². The Morgan fingerprint density at radius 3 is 2.24 bits per heavy atom. The minimum atomic E-state index is -0.738. The lowest BCUT2D eigenvalue weighted by molar-refractivity contribution is -0.0922. The molecule has 0 bridgehead atoms. The van der Waals surface area contributed by atoms with Crippen molar-refractivity contribution in [2.75, 3.05) is 6.61 Å². The summed E-state index contributed by atoms with van der Waals surface area (Å²) in [5.41, 5.74) is 2.07. The standard InChI is InChI=1S/C24H24N4O5/c29-12-19-20(31-13-16-7-3-1-4-8-16)21(32-14-17-9-5-2-6-10-17)24(33-19)28-22-18(11-27-28)23(30)26-15-25-22/h1-11,15,19-21,24,29H,12-14H2,(H,25,26,30)/t19-,20-,21-,24-/m1/s1. The van der Waals surface area contributed by atoms with Crippen LogP contribution in [0.25, 0.3) is 11.0 Å². The van der Waals surface area contributed by atoms with Crippen LogP contribution in [-0.2, 0) is 27.4 Å². The Kier molecular flexibility index (Phi) is 6.27. The van der Waals surface area contributed by atoms with Crippen molar-refractivity contribution < 1.29 is 19.3 Å². The number of hydrogen-bond donors (Lipinski definition) is 2. The Balaban J connectivity index is 1.46. The zero-order valence-electron chi connectivity index (χ0n) is 17.8. The van der Waals surface area contributed by atoms with Gasteiger partial charge < -0.3 is 24.3 Å². The molecule has 2 aromatic carbocycles. The molecule has 4 aromatic rings. The number of benzene rings is 2. The van der Waals surface area contributed by atoms with Crippen molar-refractivity contribution in [2.45, 2.75) is 37.8 Å². The van der Waals surface area contributed by atoms with E-state index in [1.54, 1.807) is 0 Å². The Morgan fingerprint density at radius 1 is 0.970 bits per heavy atom. The molecule has 9 heteroatoms. The Labute approximate surface area is 189 Å². The number of hydrogen-bond acceptors (Lipinski definition) is 7. The molecule has 5 rings (SSSR count). The van der Waals surface area contributed by atoms with E-state index < -0.39 is 24.5 Å². The van der Waals surface area contributed by atoms with Crippen LogP contribution in [0.1, 0.15) is 17.4 Å². The molecule has 1 saturated heterocycles. The predicted octanol–water partition coefficient (Wildman–Crippen LogP) is 2.18. The SMILES string of the molecule is O=c1[nH]cnc2c1cnn2[C@@H]1O[C@H](CO)[C@@H](OCc2ccccc2)[C@H]1OCc1ccccc1. The summed E-state index contributed by atoms with van der Waals surface area (Å²) < 4.78 is 20.2. The summed E-state index contributed by atoms with van der Waals surface area (Å²) >= 11 is 0. The number of nitrogens with one attached hydrogen (secondary N) is 1. The first kappa shape index (κ1) is 21.5. The van der Waals surface area contributed by atoms with Crippen LogP contribution in [0.2, 0.25) is 0 Å². The van der Waals surface area contributed by atoms with Crippen molar-refractivity contribution in [3.63, 3.8) is 0 Å². The maximum absolute atomic E-state index is 12.2. The number of aliphatic hydroxyl groups is 1. The zero-order chi connectivity index (χ0) is 22.6. The summed E-state index contributed by atoms with van der Waals surface area (Å²) in [7, 11) is 0. The summed E-state index contributed by atoms with van der Waals surface area (Å²) in [5.74, 6) is 0. The Morgan fingerprint density at radius 2 is 1.61 bits per heavy atom. The summed E-state index contributed by atoms with van der Waals surface area (Å²) in [5, 5.41) is 14.7. The second-order valence-electron chi connectivity index (χ2n) is 7.83.